The van der Waals surface area contributed by atoms with Crippen molar-refractivity contribution in [3.63, 3.8) is 0 Å². The molecule has 4 heterocycles. The molecular weight excluding hydrogens is 961 g/mol. The second kappa shape index (κ2) is 21.7. The number of imidazole rings is 2. The Balaban J connectivity index is 0.849. The lowest BCUT2D eigenvalue weighted by Crippen LogP contribution is -2.56. The van der Waals surface area contributed by atoms with Gasteiger partial charge in [0.25, 0.3) is 0 Å². The zero-order valence-electron chi connectivity index (χ0n) is 44.7. The summed E-state index contributed by atoms with van der Waals surface area (Å²) >= 11 is 0. The molecule has 2 saturated heterocycles. The van der Waals surface area contributed by atoms with Crippen LogP contribution in [0.15, 0.2) is 72.8 Å². The van der Waals surface area contributed by atoms with Gasteiger partial charge in [-0.05, 0) is 159 Å². The number of amides is 4. The van der Waals surface area contributed by atoms with Crippen LogP contribution in [0, 0.1) is 11.8 Å². The first-order chi connectivity index (χ1) is 36.9. The Morgan fingerprint density at radius 3 is 1.38 bits per heavy atom. The minimum Gasteiger partial charge on any atom is -0.453 e. The third-order valence-corrected chi connectivity index (χ3v) is 17.8. The minimum absolute atomic E-state index is 0.0567. The number of fused-ring (bicyclic) bond motifs is 4. The molecular formula is C60H72N8O8. The number of ether oxygens (including phenoxy) is 4. The van der Waals surface area contributed by atoms with Crippen molar-refractivity contribution in [1.82, 2.24) is 40.4 Å². The van der Waals surface area contributed by atoms with E-state index in [0.717, 1.165) is 135 Å². The number of nitrogens with zero attached hydrogens (tertiary/aromatic N) is 4. The molecule has 0 radical (unpaired) electrons. The summed E-state index contributed by atoms with van der Waals surface area (Å²) in [6.07, 6.45) is 10.9. The summed E-state index contributed by atoms with van der Waals surface area (Å²) in [7, 11) is 5.69. The van der Waals surface area contributed by atoms with Crippen molar-refractivity contribution in [3.05, 3.63) is 107 Å². The lowest BCUT2D eigenvalue weighted by molar-refractivity contribution is -0.141. The second-order valence-electron chi connectivity index (χ2n) is 22.0. The van der Waals surface area contributed by atoms with Crippen LogP contribution in [0.5, 0.6) is 0 Å². The van der Waals surface area contributed by atoms with Gasteiger partial charge in [0.05, 0.1) is 60.6 Å². The number of hydrogen-bond acceptors (Lipinski definition) is 10. The molecule has 2 saturated carbocycles. The summed E-state index contributed by atoms with van der Waals surface area (Å²) < 4.78 is 21.1. The van der Waals surface area contributed by atoms with Crippen molar-refractivity contribution in [3.8, 4) is 22.3 Å². The van der Waals surface area contributed by atoms with Crippen molar-refractivity contribution in [1.29, 1.82) is 0 Å². The molecule has 16 nitrogen and oxygen atoms in total. The highest BCUT2D eigenvalue weighted by Crippen LogP contribution is 2.48. The lowest BCUT2D eigenvalue weighted by Gasteiger charge is -2.37. The highest BCUT2D eigenvalue weighted by molar-refractivity contribution is 5.89. The third-order valence-electron chi connectivity index (χ3n) is 17.8. The number of hydrogen-bond donors (Lipinski definition) is 4. The van der Waals surface area contributed by atoms with Gasteiger partial charge in [0.2, 0.25) is 11.8 Å². The molecule has 0 spiro atoms. The van der Waals surface area contributed by atoms with E-state index in [4.69, 9.17) is 28.9 Å². The van der Waals surface area contributed by atoms with Gasteiger partial charge in [-0.25, -0.2) is 19.6 Å². The van der Waals surface area contributed by atoms with Crippen LogP contribution in [-0.2, 0) is 54.2 Å². The van der Waals surface area contributed by atoms with Gasteiger partial charge in [-0.1, -0.05) is 74.2 Å². The van der Waals surface area contributed by atoms with Gasteiger partial charge in [0.15, 0.2) is 0 Å². The van der Waals surface area contributed by atoms with Crippen LogP contribution in [0.3, 0.4) is 0 Å². The standard InChI is InChI=1S/C60H72N8O8/c1-33(73-3)53(65-59(71)75-5)57(69)67-49-13-9-7-11-41(49)31-51(67)55-61-45-25-23-39(29-47(45)63-55)43-27-35-15-19-37(43)21-17-36-16-20-38(22-18-35)44(28-36)40-24-26-46-48(30-40)64-56(62-46)52-32-42-12-8-10-14-50(42)68(52)58(70)54(34(2)74-4)66-60(72)76-6/h15-16,19-20,23-30,33-34,41-42,49-54H,7-14,17-18,21-22,31-32H2,1-6H3,(H,61,63)(H,62,64)(H,65,71)(H,66,72)/t33-,34-,41+,42+,49+,50+,51+,52+,53?,54?/m1/s1. The number of carbonyl (C=O) groups is 4. The van der Waals surface area contributed by atoms with Crippen LogP contribution in [0.25, 0.3) is 44.3 Å². The molecule has 14 rings (SSSR count). The van der Waals surface area contributed by atoms with Gasteiger partial charge >= 0.3 is 12.2 Å². The van der Waals surface area contributed by atoms with Crippen LogP contribution >= 0.6 is 0 Å². The first-order valence-electron chi connectivity index (χ1n) is 27.6. The van der Waals surface area contributed by atoms with Gasteiger partial charge in [-0.3, -0.25) is 9.59 Å². The van der Waals surface area contributed by atoms with E-state index in [1.807, 2.05) is 9.80 Å². The fourth-order valence-electron chi connectivity index (χ4n) is 13.6. The Bertz CT molecular complexity index is 2940. The second-order valence-corrected chi connectivity index (χ2v) is 22.0. The summed E-state index contributed by atoms with van der Waals surface area (Å²) in [4.78, 5) is 75.8. The molecule has 4 N–H and O–H groups in total. The summed E-state index contributed by atoms with van der Waals surface area (Å²) in [5.74, 6) is 1.88. The largest absolute Gasteiger partial charge is 0.453 e. The monoisotopic (exact) mass is 1030 g/mol. The average molecular weight is 1030 g/mol. The maximum absolute atomic E-state index is 14.6. The maximum Gasteiger partial charge on any atom is 0.407 e. The number of methoxy groups -OCH3 is 4. The fraction of sp³-hybridized carbons (Fsp3) is 0.500. The molecule has 400 valence electrons. The summed E-state index contributed by atoms with van der Waals surface area (Å²) in [5.41, 5.74) is 13.3. The summed E-state index contributed by atoms with van der Waals surface area (Å²) in [5, 5.41) is 5.53. The van der Waals surface area contributed by atoms with Crippen molar-refractivity contribution in [2.45, 2.75) is 152 Å². The van der Waals surface area contributed by atoms with Crippen LogP contribution in [-0.4, -0.2) is 119 Å². The number of aryl methyl sites for hydroxylation is 4. The molecule has 2 aromatic heterocycles. The molecule has 4 aromatic carbocycles. The van der Waals surface area contributed by atoms with Crippen LogP contribution in [0.2, 0.25) is 0 Å². The zero-order valence-corrected chi connectivity index (χ0v) is 44.7. The molecule has 4 amide bonds. The van der Waals surface area contributed by atoms with Crippen LogP contribution in [0.1, 0.15) is 124 Å². The summed E-state index contributed by atoms with van der Waals surface area (Å²) in [6, 6.07) is 24.6. The highest BCUT2D eigenvalue weighted by Gasteiger charge is 2.50. The Labute approximate surface area is 444 Å². The average Bonchev–Trinajstić information content (AvgIpc) is 4.30. The number of aromatic amines is 2. The normalized spacial score (nSPS) is 23.8. The van der Waals surface area contributed by atoms with E-state index >= 15 is 0 Å². The lowest BCUT2D eigenvalue weighted by atomic mass is 9.84. The highest BCUT2D eigenvalue weighted by atomic mass is 16.5. The van der Waals surface area contributed by atoms with Crippen molar-refractivity contribution in [2.75, 3.05) is 28.4 Å². The molecule has 16 heteroatoms. The molecule has 2 aliphatic heterocycles. The first-order valence-corrected chi connectivity index (χ1v) is 27.6. The minimum atomic E-state index is -0.906. The van der Waals surface area contributed by atoms with Gasteiger partial charge in [0, 0.05) is 26.3 Å². The molecule has 6 aliphatic carbocycles. The number of H-pyrrole nitrogens is 2. The van der Waals surface area contributed by atoms with E-state index in [1.165, 1.54) is 47.6 Å². The van der Waals surface area contributed by atoms with Crippen molar-refractivity contribution in [2.24, 2.45) is 11.8 Å². The molecule has 10 atom stereocenters. The van der Waals surface area contributed by atoms with Crippen molar-refractivity contribution >= 4 is 46.1 Å². The Hall–Kier alpha value is -6.78. The number of nitrogens with one attached hydrogen (secondary N) is 4. The predicted molar refractivity (Wildman–Crippen MR) is 289 cm³/mol. The number of rotatable bonds is 12. The van der Waals surface area contributed by atoms with Crippen molar-refractivity contribution < 1.29 is 38.1 Å². The fourth-order valence-corrected chi connectivity index (χ4v) is 13.6. The van der Waals surface area contributed by atoms with Gasteiger partial charge < -0.3 is 49.3 Å². The Morgan fingerprint density at radius 2 is 0.974 bits per heavy atom. The zero-order chi connectivity index (χ0) is 52.8. The van der Waals surface area contributed by atoms with Gasteiger partial charge in [0.1, 0.15) is 23.7 Å². The van der Waals surface area contributed by atoms with Gasteiger partial charge in [-0.2, -0.15) is 0 Å². The topological polar surface area (TPSA) is 193 Å². The van der Waals surface area contributed by atoms with Crippen LogP contribution in [0.4, 0.5) is 9.59 Å². The Morgan fingerprint density at radius 1 is 0.553 bits per heavy atom. The van der Waals surface area contributed by atoms with E-state index in [1.54, 1.807) is 28.1 Å². The summed E-state index contributed by atoms with van der Waals surface area (Å²) in [6.45, 7) is 3.59. The van der Waals surface area contributed by atoms with E-state index in [2.05, 4.69) is 93.4 Å². The third kappa shape index (κ3) is 9.82. The molecule has 4 bridgehead atoms. The number of aromatic nitrogens is 4. The van der Waals surface area contributed by atoms with Crippen LogP contribution < -0.4 is 10.6 Å². The predicted octanol–water partition coefficient (Wildman–Crippen LogP) is 9.84. The molecule has 8 aliphatic rings. The van der Waals surface area contributed by atoms with E-state index in [0.29, 0.717) is 11.8 Å². The number of carbonyl (C=O) groups excluding carboxylic acids is 4. The van der Waals surface area contributed by atoms with E-state index in [-0.39, 0.29) is 36.0 Å². The van der Waals surface area contributed by atoms with E-state index < -0.39 is 36.5 Å². The van der Waals surface area contributed by atoms with E-state index in [9.17, 15) is 19.2 Å². The number of benzene rings is 4. The maximum atomic E-state index is 14.6. The molecule has 6 aromatic rings. The van der Waals surface area contributed by atoms with Gasteiger partial charge in [-0.15, -0.1) is 0 Å². The number of likely N-dealkylation sites (tertiary alicyclic amines) is 2. The number of alkyl carbamates (subject to hydrolysis) is 2. The molecule has 2 unspecified atom stereocenters. The quantitative estimate of drug-likeness (QED) is 0.0917. The Kier molecular flexibility index (Phi) is 14.6. The molecule has 4 fully saturated rings. The first kappa shape index (κ1) is 51.3. The SMILES string of the molecule is COC(=O)NC(C(=O)N1[C@H](c2nc3ccc(-c4cc5ccc4CCc4ccc(c(-c6ccc7nc([C@@H]8C[C@@H]9CCCC[C@@H]9N8C(=O)C(NC(=O)OC)[C@@H](C)OC)[nH]c7c6)c4)CC5)cc3[nH]2)C[C@@H]2CCCC[C@@H]21)[C@@H](C)OC. The molecule has 76 heavy (non-hydrogen) atoms. The smallest absolute Gasteiger partial charge is 0.407 e.